The first-order valence-corrected chi connectivity index (χ1v) is 9.81. The molecular weight excluding hydrogens is 357 g/mol. The number of amides is 1. The monoisotopic (exact) mass is 385 g/mol. The maximum absolute atomic E-state index is 13.3. The van der Waals surface area contributed by atoms with E-state index in [-0.39, 0.29) is 17.8 Å². The van der Waals surface area contributed by atoms with Crippen LogP contribution in [-0.4, -0.2) is 56.7 Å². The largest absolute Gasteiger partial charge is 0.379 e. The lowest BCUT2D eigenvalue weighted by atomic mass is 10.0. The van der Waals surface area contributed by atoms with Crippen molar-refractivity contribution in [2.75, 3.05) is 50.8 Å². The topological polar surface area (TPSA) is 44.8 Å². The van der Waals surface area contributed by atoms with Crippen LogP contribution in [-0.2, 0) is 9.53 Å². The van der Waals surface area contributed by atoms with Crippen LogP contribution in [0.3, 0.4) is 0 Å². The van der Waals surface area contributed by atoms with Crippen molar-refractivity contribution in [3.8, 4) is 0 Å². The number of para-hydroxylation sites is 1. The van der Waals surface area contributed by atoms with Crippen LogP contribution in [0.5, 0.6) is 0 Å². The highest BCUT2D eigenvalue weighted by Crippen LogP contribution is 2.22. The minimum absolute atomic E-state index is 0.000233. The molecule has 1 aliphatic heterocycles. The fourth-order valence-corrected chi connectivity index (χ4v) is 3.50. The van der Waals surface area contributed by atoms with E-state index in [0.717, 1.165) is 30.9 Å². The first-order chi connectivity index (χ1) is 13.7. The first kappa shape index (κ1) is 20.3. The Bertz CT molecular complexity index is 733. The lowest BCUT2D eigenvalue weighted by molar-refractivity contribution is -0.120. The summed E-state index contributed by atoms with van der Waals surface area (Å²) in [5, 5.41) is 3.07. The van der Waals surface area contributed by atoms with E-state index in [1.54, 1.807) is 12.1 Å². The Morgan fingerprint density at radius 3 is 2.46 bits per heavy atom. The predicted molar refractivity (Wildman–Crippen MR) is 109 cm³/mol. The van der Waals surface area contributed by atoms with Gasteiger partial charge in [-0.25, -0.2) is 4.39 Å². The number of anilines is 1. The zero-order valence-electron chi connectivity index (χ0n) is 16.3. The Hall–Kier alpha value is -2.44. The Labute approximate surface area is 166 Å². The molecule has 3 rings (SSSR count). The average Bonchev–Trinajstić information content (AvgIpc) is 2.75. The van der Waals surface area contributed by atoms with E-state index in [1.807, 2.05) is 42.2 Å². The minimum atomic E-state index is -0.255. The van der Waals surface area contributed by atoms with Crippen LogP contribution in [0, 0.1) is 5.82 Å². The van der Waals surface area contributed by atoms with Crippen LogP contribution in [0.2, 0.25) is 0 Å². The van der Waals surface area contributed by atoms with Crippen molar-refractivity contribution in [3.63, 3.8) is 0 Å². The second-order valence-electron chi connectivity index (χ2n) is 6.87. The molecule has 150 valence electrons. The zero-order valence-corrected chi connectivity index (χ0v) is 16.3. The number of morpholine rings is 1. The Kier molecular flexibility index (Phi) is 7.39. The first-order valence-electron chi connectivity index (χ1n) is 9.81. The summed E-state index contributed by atoms with van der Waals surface area (Å²) >= 11 is 0. The van der Waals surface area contributed by atoms with E-state index >= 15 is 0 Å². The molecule has 28 heavy (non-hydrogen) atoms. The second kappa shape index (κ2) is 10.2. The molecule has 1 fully saturated rings. The standard InChI is InChI=1S/C22H28FN3O2/c1-2-25(20-6-4-3-5-7-20)17-22(27)24-16-21(26-12-14-28-15-13-26)18-8-10-19(23)11-9-18/h3-11,21H,2,12-17H2,1H3,(H,24,27). The van der Waals surface area contributed by atoms with Gasteiger partial charge >= 0.3 is 0 Å². The third-order valence-corrected chi connectivity index (χ3v) is 5.07. The van der Waals surface area contributed by atoms with Crippen molar-refractivity contribution < 1.29 is 13.9 Å². The predicted octanol–water partition coefficient (Wildman–Crippen LogP) is 2.84. The number of carbonyl (C=O) groups excluding carboxylic acids is 1. The molecule has 1 heterocycles. The number of nitrogens with zero attached hydrogens (tertiary/aromatic N) is 2. The molecule has 0 spiro atoms. The smallest absolute Gasteiger partial charge is 0.239 e. The summed E-state index contributed by atoms with van der Waals surface area (Å²) < 4.78 is 18.8. The van der Waals surface area contributed by atoms with Gasteiger partial charge in [0.1, 0.15) is 5.82 Å². The van der Waals surface area contributed by atoms with Crippen molar-refractivity contribution >= 4 is 11.6 Å². The molecule has 0 bridgehead atoms. The van der Waals surface area contributed by atoms with Crippen LogP contribution in [0.1, 0.15) is 18.5 Å². The van der Waals surface area contributed by atoms with E-state index in [4.69, 9.17) is 4.74 Å². The maximum atomic E-state index is 13.3. The number of carbonyl (C=O) groups is 1. The van der Waals surface area contributed by atoms with Gasteiger partial charge in [-0.05, 0) is 36.8 Å². The Morgan fingerprint density at radius 2 is 1.82 bits per heavy atom. The molecule has 1 saturated heterocycles. The third kappa shape index (κ3) is 5.53. The summed E-state index contributed by atoms with van der Waals surface area (Å²) in [7, 11) is 0. The molecule has 1 aliphatic rings. The van der Waals surface area contributed by atoms with Crippen molar-refractivity contribution in [1.82, 2.24) is 10.2 Å². The molecule has 1 amide bonds. The molecule has 2 aromatic rings. The summed E-state index contributed by atoms with van der Waals surface area (Å²) in [6, 6.07) is 16.5. The number of hydrogen-bond acceptors (Lipinski definition) is 4. The highest BCUT2D eigenvalue weighted by atomic mass is 19.1. The lowest BCUT2D eigenvalue weighted by Crippen LogP contribution is -2.45. The minimum Gasteiger partial charge on any atom is -0.379 e. The number of halogens is 1. The van der Waals surface area contributed by atoms with E-state index in [2.05, 4.69) is 10.2 Å². The second-order valence-corrected chi connectivity index (χ2v) is 6.87. The summed E-state index contributed by atoms with van der Waals surface area (Å²) in [5.41, 5.74) is 2.03. The van der Waals surface area contributed by atoms with Gasteiger partial charge in [0.25, 0.3) is 0 Å². The van der Waals surface area contributed by atoms with Crippen molar-refractivity contribution in [2.45, 2.75) is 13.0 Å². The van der Waals surface area contributed by atoms with Crippen molar-refractivity contribution in [3.05, 3.63) is 66.0 Å². The van der Waals surface area contributed by atoms with Gasteiger partial charge in [0, 0.05) is 31.9 Å². The van der Waals surface area contributed by atoms with Gasteiger partial charge in [-0.15, -0.1) is 0 Å². The van der Waals surface area contributed by atoms with E-state index < -0.39 is 0 Å². The van der Waals surface area contributed by atoms with Crippen LogP contribution in [0.25, 0.3) is 0 Å². The van der Waals surface area contributed by atoms with Gasteiger partial charge in [0.05, 0.1) is 25.8 Å². The van der Waals surface area contributed by atoms with Crippen LogP contribution < -0.4 is 10.2 Å². The number of hydrogen-bond donors (Lipinski definition) is 1. The molecule has 1 atom stereocenters. The highest BCUT2D eigenvalue weighted by molar-refractivity contribution is 5.81. The van der Waals surface area contributed by atoms with E-state index in [9.17, 15) is 9.18 Å². The number of benzene rings is 2. The van der Waals surface area contributed by atoms with Gasteiger partial charge in [-0.3, -0.25) is 9.69 Å². The molecule has 2 aromatic carbocycles. The Balaban J connectivity index is 1.63. The quantitative estimate of drug-likeness (QED) is 0.759. The number of likely N-dealkylation sites (N-methyl/N-ethyl adjacent to an activating group) is 1. The number of ether oxygens (including phenoxy) is 1. The zero-order chi connectivity index (χ0) is 19.8. The van der Waals surface area contributed by atoms with Crippen molar-refractivity contribution in [1.29, 1.82) is 0 Å². The summed E-state index contributed by atoms with van der Waals surface area (Å²) in [4.78, 5) is 16.9. The molecule has 5 nitrogen and oxygen atoms in total. The third-order valence-electron chi connectivity index (χ3n) is 5.07. The van der Waals surface area contributed by atoms with Gasteiger partial charge in [-0.1, -0.05) is 30.3 Å². The highest BCUT2D eigenvalue weighted by Gasteiger charge is 2.23. The van der Waals surface area contributed by atoms with Crippen molar-refractivity contribution in [2.24, 2.45) is 0 Å². The number of rotatable bonds is 8. The summed E-state index contributed by atoms with van der Waals surface area (Å²) in [6.45, 7) is 6.51. The summed E-state index contributed by atoms with van der Waals surface area (Å²) in [6.07, 6.45) is 0. The normalized spacial score (nSPS) is 15.8. The van der Waals surface area contributed by atoms with E-state index in [0.29, 0.717) is 26.3 Å². The van der Waals surface area contributed by atoms with Crippen LogP contribution in [0.4, 0.5) is 10.1 Å². The van der Waals surface area contributed by atoms with Gasteiger partial charge < -0.3 is 15.0 Å². The maximum Gasteiger partial charge on any atom is 0.239 e. The van der Waals surface area contributed by atoms with Gasteiger partial charge in [0.2, 0.25) is 5.91 Å². The summed E-state index contributed by atoms with van der Waals surface area (Å²) in [5.74, 6) is -0.277. The molecule has 1 unspecified atom stereocenters. The van der Waals surface area contributed by atoms with Gasteiger partial charge in [-0.2, -0.15) is 0 Å². The molecule has 1 N–H and O–H groups in total. The number of nitrogens with one attached hydrogen (secondary N) is 1. The molecular formula is C22H28FN3O2. The fourth-order valence-electron chi connectivity index (χ4n) is 3.50. The van der Waals surface area contributed by atoms with Crippen LogP contribution in [0.15, 0.2) is 54.6 Å². The molecule has 0 aliphatic carbocycles. The molecule has 6 heteroatoms. The molecule has 0 aromatic heterocycles. The lowest BCUT2D eigenvalue weighted by Gasteiger charge is -2.35. The Morgan fingerprint density at radius 1 is 1.14 bits per heavy atom. The molecule has 0 radical (unpaired) electrons. The van der Waals surface area contributed by atoms with E-state index in [1.165, 1.54) is 12.1 Å². The SMILES string of the molecule is CCN(CC(=O)NCC(c1ccc(F)cc1)N1CCOCC1)c1ccccc1. The van der Waals surface area contributed by atoms with Gasteiger partial charge in [0.15, 0.2) is 0 Å². The fraction of sp³-hybridized carbons (Fsp3) is 0.409. The van der Waals surface area contributed by atoms with Crippen LogP contribution >= 0.6 is 0 Å². The molecule has 0 saturated carbocycles. The average molecular weight is 385 g/mol.